The summed E-state index contributed by atoms with van der Waals surface area (Å²) in [5.74, 6) is -1.09. The summed E-state index contributed by atoms with van der Waals surface area (Å²) in [6.45, 7) is 6.33. The second-order valence-electron chi connectivity index (χ2n) is 5.90. The molecule has 1 heterocycles. The van der Waals surface area contributed by atoms with E-state index in [4.69, 9.17) is 0 Å². The summed E-state index contributed by atoms with van der Waals surface area (Å²) in [7, 11) is -7.57. The highest BCUT2D eigenvalue weighted by atomic mass is 32.2. The van der Waals surface area contributed by atoms with E-state index >= 15 is 0 Å². The van der Waals surface area contributed by atoms with Crippen LogP contribution in [-0.2, 0) is 24.7 Å². The minimum absolute atomic E-state index is 0.0568. The number of nitrogens with one attached hydrogen (secondary N) is 2. The molecule has 0 spiro atoms. The SMILES string of the molecule is C=CCS(=O)(=O)C(C)C(=O)Nc1ccc(S(=O)(=O)Nc2nccc(C)n2)cc1. The first kappa shape index (κ1) is 21.5. The first-order chi connectivity index (χ1) is 13.0. The summed E-state index contributed by atoms with van der Waals surface area (Å²) in [5.41, 5.74) is 0.864. The molecule has 0 aliphatic heterocycles. The van der Waals surface area contributed by atoms with Crippen molar-refractivity contribution in [2.45, 2.75) is 24.0 Å². The van der Waals surface area contributed by atoms with Crippen LogP contribution >= 0.6 is 0 Å². The summed E-state index contributed by atoms with van der Waals surface area (Å²) in [5, 5.41) is 1.18. The van der Waals surface area contributed by atoms with Gasteiger partial charge in [0.1, 0.15) is 5.25 Å². The summed E-state index contributed by atoms with van der Waals surface area (Å²) in [6.07, 6.45) is 2.64. The Morgan fingerprint density at radius 2 is 1.82 bits per heavy atom. The molecule has 0 fully saturated rings. The van der Waals surface area contributed by atoms with Crippen LogP contribution in [0.5, 0.6) is 0 Å². The number of sulfone groups is 1. The molecule has 1 aromatic heterocycles. The van der Waals surface area contributed by atoms with E-state index in [9.17, 15) is 21.6 Å². The normalized spacial score (nSPS) is 12.8. The van der Waals surface area contributed by atoms with Crippen molar-refractivity contribution in [1.82, 2.24) is 9.97 Å². The first-order valence-electron chi connectivity index (χ1n) is 8.11. The van der Waals surface area contributed by atoms with E-state index in [-0.39, 0.29) is 22.3 Å². The highest BCUT2D eigenvalue weighted by molar-refractivity contribution is 7.93. The fraction of sp³-hybridized carbons (Fsp3) is 0.235. The lowest BCUT2D eigenvalue weighted by atomic mass is 10.3. The summed E-state index contributed by atoms with van der Waals surface area (Å²) < 4.78 is 50.9. The zero-order chi connectivity index (χ0) is 20.9. The Hall–Kier alpha value is -2.79. The predicted molar refractivity (Wildman–Crippen MR) is 106 cm³/mol. The average Bonchev–Trinajstić information content (AvgIpc) is 2.61. The highest BCUT2D eigenvalue weighted by Crippen LogP contribution is 2.17. The number of nitrogens with zero attached hydrogens (tertiary/aromatic N) is 2. The lowest BCUT2D eigenvalue weighted by molar-refractivity contribution is -0.115. The number of sulfonamides is 1. The number of hydrogen-bond donors (Lipinski definition) is 2. The van der Waals surface area contributed by atoms with Crippen molar-refractivity contribution < 1.29 is 21.6 Å². The Balaban J connectivity index is 2.12. The van der Waals surface area contributed by atoms with Crippen LogP contribution in [0.3, 0.4) is 0 Å². The summed E-state index contributed by atoms with van der Waals surface area (Å²) in [6, 6.07) is 6.89. The third kappa shape index (κ3) is 5.36. The summed E-state index contributed by atoms with van der Waals surface area (Å²) in [4.78, 5) is 19.9. The van der Waals surface area contributed by atoms with E-state index in [2.05, 4.69) is 26.6 Å². The van der Waals surface area contributed by atoms with Crippen LogP contribution in [0.15, 0.2) is 54.1 Å². The van der Waals surface area contributed by atoms with Gasteiger partial charge in [-0.3, -0.25) is 4.79 Å². The molecule has 1 unspecified atom stereocenters. The number of carbonyl (C=O) groups is 1. The predicted octanol–water partition coefficient (Wildman–Crippen LogP) is 1.51. The Morgan fingerprint density at radius 3 is 2.39 bits per heavy atom. The van der Waals surface area contributed by atoms with Crippen LogP contribution in [0.2, 0.25) is 0 Å². The number of amides is 1. The zero-order valence-corrected chi connectivity index (χ0v) is 16.9. The zero-order valence-electron chi connectivity index (χ0n) is 15.3. The van der Waals surface area contributed by atoms with Gasteiger partial charge < -0.3 is 5.32 Å². The maximum atomic E-state index is 12.4. The molecule has 0 aliphatic carbocycles. The van der Waals surface area contributed by atoms with E-state index in [1.807, 2.05) is 0 Å². The van der Waals surface area contributed by atoms with Gasteiger partial charge in [0.05, 0.1) is 10.6 Å². The van der Waals surface area contributed by atoms with Crippen LogP contribution in [0.1, 0.15) is 12.6 Å². The van der Waals surface area contributed by atoms with Crippen LogP contribution in [0.25, 0.3) is 0 Å². The smallest absolute Gasteiger partial charge is 0.264 e. The van der Waals surface area contributed by atoms with Gasteiger partial charge in [-0.25, -0.2) is 31.5 Å². The third-order valence-electron chi connectivity index (χ3n) is 3.71. The van der Waals surface area contributed by atoms with E-state index in [0.29, 0.717) is 5.69 Å². The molecule has 9 nitrogen and oxygen atoms in total. The molecule has 1 amide bonds. The molecule has 2 N–H and O–H groups in total. The van der Waals surface area contributed by atoms with Gasteiger partial charge in [-0.1, -0.05) is 6.08 Å². The minimum Gasteiger partial charge on any atom is -0.325 e. The lowest BCUT2D eigenvalue weighted by Crippen LogP contribution is -2.33. The summed E-state index contributed by atoms with van der Waals surface area (Å²) >= 11 is 0. The second-order valence-corrected chi connectivity index (χ2v) is 9.95. The van der Waals surface area contributed by atoms with Gasteiger partial charge >= 0.3 is 0 Å². The molecule has 2 rings (SSSR count). The molecule has 150 valence electrons. The van der Waals surface area contributed by atoms with E-state index in [1.54, 1.807) is 13.0 Å². The van der Waals surface area contributed by atoms with Crippen molar-refractivity contribution in [3.63, 3.8) is 0 Å². The number of anilines is 2. The van der Waals surface area contributed by atoms with Gasteiger partial charge in [-0.15, -0.1) is 6.58 Å². The largest absolute Gasteiger partial charge is 0.325 e. The van der Waals surface area contributed by atoms with Crippen molar-refractivity contribution in [2.24, 2.45) is 0 Å². The van der Waals surface area contributed by atoms with Crippen molar-refractivity contribution in [3.8, 4) is 0 Å². The maximum absolute atomic E-state index is 12.4. The van der Waals surface area contributed by atoms with Crippen LogP contribution < -0.4 is 10.0 Å². The molecule has 1 atom stereocenters. The number of benzene rings is 1. The molecule has 1 aromatic carbocycles. The lowest BCUT2D eigenvalue weighted by Gasteiger charge is -2.13. The molecule has 0 bridgehead atoms. The third-order valence-corrected chi connectivity index (χ3v) is 7.05. The van der Waals surface area contributed by atoms with Crippen molar-refractivity contribution in [3.05, 3.63) is 54.9 Å². The van der Waals surface area contributed by atoms with Gasteiger partial charge in [0.15, 0.2) is 9.84 Å². The number of aryl methyl sites for hydroxylation is 1. The number of rotatable bonds is 8. The Morgan fingerprint density at radius 1 is 1.18 bits per heavy atom. The maximum Gasteiger partial charge on any atom is 0.264 e. The molecule has 28 heavy (non-hydrogen) atoms. The average molecular weight is 425 g/mol. The monoisotopic (exact) mass is 424 g/mol. The quantitative estimate of drug-likeness (QED) is 0.613. The van der Waals surface area contributed by atoms with Gasteiger partial charge in [0.2, 0.25) is 11.9 Å². The van der Waals surface area contributed by atoms with Gasteiger partial charge in [0, 0.05) is 17.6 Å². The van der Waals surface area contributed by atoms with E-state index in [1.165, 1.54) is 43.5 Å². The number of hydrogen-bond acceptors (Lipinski definition) is 7. The molecule has 0 radical (unpaired) electrons. The van der Waals surface area contributed by atoms with E-state index < -0.39 is 31.0 Å². The Labute approximate surface area is 163 Å². The van der Waals surface area contributed by atoms with Crippen LogP contribution in [-0.4, -0.2) is 43.7 Å². The molecule has 11 heteroatoms. The van der Waals surface area contributed by atoms with Crippen LogP contribution in [0.4, 0.5) is 11.6 Å². The molecule has 0 saturated heterocycles. The fourth-order valence-electron chi connectivity index (χ4n) is 2.11. The fourth-order valence-corrected chi connectivity index (χ4v) is 4.06. The van der Waals surface area contributed by atoms with Crippen molar-refractivity contribution >= 4 is 37.4 Å². The van der Waals surface area contributed by atoms with Gasteiger partial charge in [0.25, 0.3) is 10.0 Å². The number of aromatic nitrogens is 2. The second kappa shape index (κ2) is 8.48. The van der Waals surface area contributed by atoms with Gasteiger partial charge in [-0.2, -0.15) is 0 Å². The van der Waals surface area contributed by atoms with E-state index in [0.717, 1.165) is 0 Å². The first-order valence-corrected chi connectivity index (χ1v) is 11.3. The molecule has 2 aromatic rings. The Kier molecular flexibility index (Phi) is 6.52. The Bertz CT molecular complexity index is 1080. The highest BCUT2D eigenvalue weighted by Gasteiger charge is 2.27. The molecular formula is C17H20N4O5S2. The molecule has 0 saturated carbocycles. The molecular weight excluding hydrogens is 404 g/mol. The van der Waals surface area contributed by atoms with Gasteiger partial charge in [-0.05, 0) is 44.2 Å². The van der Waals surface area contributed by atoms with Crippen molar-refractivity contribution in [2.75, 3.05) is 15.8 Å². The number of carbonyl (C=O) groups excluding carboxylic acids is 1. The standard InChI is InChI=1S/C17H20N4O5S2/c1-4-11-27(23,24)13(3)16(22)20-14-5-7-15(8-6-14)28(25,26)21-17-18-10-9-12(2)19-17/h4-10,13H,1,11H2,2-3H3,(H,20,22)(H,18,19,21). The topological polar surface area (TPSA) is 135 Å². The van der Waals surface area contributed by atoms with Crippen LogP contribution in [0, 0.1) is 6.92 Å². The molecule has 0 aliphatic rings. The van der Waals surface area contributed by atoms with Crippen molar-refractivity contribution in [1.29, 1.82) is 0 Å². The minimum atomic E-state index is -3.92.